The maximum Gasteiger partial charge on any atom is 0.175 e. The number of anilines is 1. The first-order valence-corrected chi connectivity index (χ1v) is 8.45. The highest BCUT2D eigenvalue weighted by Gasteiger charge is 2.08. The van der Waals surface area contributed by atoms with E-state index in [-0.39, 0.29) is 6.04 Å². The molecule has 2 rings (SSSR count). The number of halogens is 1. The van der Waals surface area contributed by atoms with Crippen LogP contribution in [0.2, 0.25) is 5.02 Å². The lowest BCUT2D eigenvalue weighted by Gasteiger charge is -2.16. The fourth-order valence-corrected chi connectivity index (χ4v) is 2.64. The molecular formula is C15H16ClNO2S. The van der Waals surface area contributed by atoms with Gasteiger partial charge in [0.05, 0.1) is 4.90 Å². The van der Waals surface area contributed by atoms with E-state index in [1.807, 2.05) is 31.2 Å². The van der Waals surface area contributed by atoms with Crippen molar-refractivity contribution < 1.29 is 8.42 Å². The maximum absolute atomic E-state index is 11.4. The van der Waals surface area contributed by atoms with Crippen LogP contribution in [0, 0.1) is 0 Å². The number of hydrogen-bond acceptors (Lipinski definition) is 3. The van der Waals surface area contributed by atoms with Crippen LogP contribution < -0.4 is 5.32 Å². The van der Waals surface area contributed by atoms with E-state index in [0.29, 0.717) is 9.92 Å². The fraction of sp³-hybridized carbons (Fsp3) is 0.200. The third-order valence-electron chi connectivity index (χ3n) is 3.04. The Morgan fingerprint density at radius 3 is 2.05 bits per heavy atom. The van der Waals surface area contributed by atoms with Crippen LogP contribution in [-0.4, -0.2) is 14.7 Å². The Morgan fingerprint density at radius 1 is 1.00 bits per heavy atom. The average molecular weight is 310 g/mol. The number of hydrogen-bond donors (Lipinski definition) is 1. The van der Waals surface area contributed by atoms with Gasteiger partial charge >= 0.3 is 0 Å². The summed E-state index contributed by atoms with van der Waals surface area (Å²) in [4.78, 5) is 0.321. The van der Waals surface area contributed by atoms with E-state index >= 15 is 0 Å². The lowest BCUT2D eigenvalue weighted by Crippen LogP contribution is -2.06. The molecule has 0 heterocycles. The second kappa shape index (κ2) is 5.85. The zero-order valence-corrected chi connectivity index (χ0v) is 12.9. The monoisotopic (exact) mass is 309 g/mol. The molecule has 0 fully saturated rings. The number of sulfone groups is 1. The van der Waals surface area contributed by atoms with Gasteiger partial charge in [0.25, 0.3) is 0 Å². The lowest BCUT2D eigenvalue weighted by molar-refractivity contribution is 0.602. The second-order valence-electron chi connectivity index (χ2n) is 4.71. The Balaban J connectivity index is 2.12. The minimum atomic E-state index is -3.15. The highest BCUT2D eigenvalue weighted by Crippen LogP contribution is 2.22. The van der Waals surface area contributed by atoms with Gasteiger partial charge in [-0.3, -0.25) is 0 Å². The summed E-state index contributed by atoms with van der Waals surface area (Å²) in [5.41, 5.74) is 1.99. The van der Waals surface area contributed by atoms with Crippen LogP contribution in [0.1, 0.15) is 18.5 Å². The molecule has 0 saturated heterocycles. The van der Waals surface area contributed by atoms with Crippen LogP contribution in [-0.2, 0) is 9.84 Å². The van der Waals surface area contributed by atoms with Crippen LogP contribution in [0.5, 0.6) is 0 Å². The molecule has 0 bridgehead atoms. The Morgan fingerprint density at radius 2 is 1.55 bits per heavy atom. The zero-order chi connectivity index (χ0) is 14.8. The van der Waals surface area contributed by atoms with Crippen molar-refractivity contribution in [2.75, 3.05) is 11.6 Å². The summed E-state index contributed by atoms with van der Waals surface area (Å²) in [6, 6.07) is 14.5. The highest BCUT2D eigenvalue weighted by atomic mass is 35.5. The number of benzene rings is 2. The second-order valence-corrected chi connectivity index (χ2v) is 7.17. The smallest absolute Gasteiger partial charge is 0.175 e. The van der Waals surface area contributed by atoms with Gasteiger partial charge in [-0.2, -0.15) is 0 Å². The van der Waals surface area contributed by atoms with Gasteiger partial charge in [0.15, 0.2) is 9.84 Å². The maximum atomic E-state index is 11.4. The third-order valence-corrected chi connectivity index (χ3v) is 4.42. The molecule has 3 nitrogen and oxygen atoms in total. The molecule has 0 radical (unpaired) electrons. The molecule has 0 spiro atoms. The molecule has 0 aromatic heterocycles. The molecule has 2 aromatic rings. The van der Waals surface area contributed by atoms with E-state index in [1.54, 1.807) is 24.3 Å². The van der Waals surface area contributed by atoms with Crippen molar-refractivity contribution in [2.24, 2.45) is 0 Å². The topological polar surface area (TPSA) is 46.2 Å². The van der Waals surface area contributed by atoms with E-state index < -0.39 is 9.84 Å². The van der Waals surface area contributed by atoms with E-state index in [9.17, 15) is 8.42 Å². The molecule has 0 amide bonds. The van der Waals surface area contributed by atoms with Crippen LogP contribution in [0.3, 0.4) is 0 Å². The highest BCUT2D eigenvalue weighted by molar-refractivity contribution is 7.90. The average Bonchev–Trinajstić information content (AvgIpc) is 2.39. The summed E-state index contributed by atoms with van der Waals surface area (Å²) in [6.45, 7) is 2.04. The van der Waals surface area contributed by atoms with Crippen LogP contribution >= 0.6 is 11.6 Å². The Bertz CT molecular complexity index is 679. The van der Waals surface area contributed by atoms with Gasteiger partial charge in [0, 0.05) is 23.0 Å². The third kappa shape index (κ3) is 3.74. The van der Waals surface area contributed by atoms with Crippen molar-refractivity contribution in [1.29, 1.82) is 0 Å². The van der Waals surface area contributed by atoms with Gasteiger partial charge in [-0.25, -0.2) is 8.42 Å². The molecule has 1 atom stereocenters. The van der Waals surface area contributed by atoms with Gasteiger partial charge in [0.2, 0.25) is 0 Å². The predicted octanol–water partition coefficient (Wildman–Crippen LogP) is 3.92. The van der Waals surface area contributed by atoms with Gasteiger partial charge < -0.3 is 5.32 Å². The minimum absolute atomic E-state index is 0.108. The molecule has 5 heteroatoms. The molecule has 0 aliphatic rings. The molecule has 20 heavy (non-hydrogen) atoms. The molecule has 0 aliphatic carbocycles. The SMILES string of the molecule is CC(Nc1ccc(S(C)(=O)=O)cc1)c1ccc(Cl)cc1. The molecule has 0 saturated carbocycles. The number of rotatable bonds is 4. The van der Waals surface area contributed by atoms with E-state index in [0.717, 1.165) is 11.3 Å². The lowest BCUT2D eigenvalue weighted by atomic mass is 10.1. The molecule has 1 unspecified atom stereocenters. The molecule has 106 valence electrons. The minimum Gasteiger partial charge on any atom is -0.379 e. The summed E-state index contributed by atoms with van der Waals surface area (Å²) in [5, 5.41) is 4.03. The molecular weight excluding hydrogens is 294 g/mol. The normalized spacial score (nSPS) is 12.9. The first kappa shape index (κ1) is 14.9. The largest absolute Gasteiger partial charge is 0.379 e. The summed E-state index contributed by atoms with van der Waals surface area (Å²) < 4.78 is 22.8. The number of nitrogens with one attached hydrogen (secondary N) is 1. The van der Waals surface area contributed by atoms with Crippen molar-refractivity contribution in [3.63, 3.8) is 0 Å². The first-order valence-electron chi connectivity index (χ1n) is 6.18. The molecule has 0 aliphatic heterocycles. The van der Waals surface area contributed by atoms with Crippen molar-refractivity contribution in [2.45, 2.75) is 17.9 Å². The summed E-state index contributed by atoms with van der Waals surface area (Å²) in [5.74, 6) is 0. The van der Waals surface area contributed by atoms with E-state index in [4.69, 9.17) is 11.6 Å². The standard InChI is InChI=1S/C15H16ClNO2S/c1-11(12-3-5-13(16)6-4-12)17-14-7-9-15(10-8-14)20(2,18)19/h3-11,17H,1-2H3. The van der Waals surface area contributed by atoms with Crippen molar-refractivity contribution >= 4 is 27.1 Å². The van der Waals surface area contributed by atoms with E-state index in [2.05, 4.69) is 5.32 Å². The van der Waals surface area contributed by atoms with E-state index in [1.165, 1.54) is 6.26 Å². The Kier molecular flexibility index (Phi) is 4.35. The first-order chi connectivity index (χ1) is 9.36. The van der Waals surface area contributed by atoms with Crippen LogP contribution in [0.25, 0.3) is 0 Å². The van der Waals surface area contributed by atoms with Crippen molar-refractivity contribution in [1.82, 2.24) is 0 Å². The quantitative estimate of drug-likeness (QED) is 0.931. The predicted molar refractivity (Wildman–Crippen MR) is 83.0 cm³/mol. The van der Waals surface area contributed by atoms with Crippen molar-refractivity contribution in [3.8, 4) is 0 Å². The van der Waals surface area contributed by atoms with Crippen LogP contribution in [0.4, 0.5) is 5.69 Å². The molecule has 2 aromatic carbocycles. The van der Waals surface area contributed by atoms with Crippen LogP contribution in [0.15, 0.2) is 53.4 Å². The fourth-order valence-electron chi connectivity index (χ4n) is 1.88. The molecule has 1 N–H and O–H groups in total. The summed E-state index contributed by atoms with van der Waals surface area (Å²) >= 11 is 5.86. The van der Waals surface area contributed by atoms with Gasteiger partial charge in [0.1, 0.15) is 0 Å². The van der Waals surface area contributed by atoms with Crippen molar-refractivity contribution in [3.05, 3.63) is 59.1 Å². The summed E-state index contributed by atoms with van der Waals surface area (Å²) in [7, 11) is -3.15. The Labute approximate surface area is 124 Å². The van der Waals surface area contributed by atoms with Gasteiger partial charge in [-0.1, -0.05) is 23.7 Å². The van der Waals surface area contributed by atoms with Gasteiger partial charge in [-0.05, 0) is 48.9 Å². The Hall–Kier alpha value is -1.52. The zero-order valence-electron chi connectivity index (χ0n) is 11.3. The summed E-state index contributed by atoms with van der Waals surface area (Å²) in [6.07, 6.45) is 1.20. The van der Waals surface area contributed by atoms with Gasteiger partial charge in [-0.15, -0.1) is 0 Å².